The van der Waals surface area contributed by atoms with Crippen molar-refractivity contribution in [1.82, 2.24) is 24.4 Å². The van der Waals surface area contributed by atoms with Gasteiger partial charge in [0.15, 0.2) is 5.65 Å². The number of benzene rings is 1. The number of aromatic nitrogens is 4. The summed E-state index contributed by atoms with van der Waals surface area (Å²) in [7, 11) is 0. The van der Waals surface area contributed by atoms with Crippen LogP contribution >= 0.6 is 11.6 Å². The molecule has 0 radical (unpaired) electrons. The van der Waals surface area contributed by atoms with Gasteiger partial charge in [0.2, 0.25) is 5.91 Å². The molecule has 12 heteroatoms. The second-order valence-corrected chi connectivity index (χ2v) is 11.8. The van der Waals surface area contributed by atoms with Crippen molar-refractivity contribution in [3.8, 4) is 16.9 Å². The summed E-state index contributed by atoms with van der Waals surface area (Å²) in [6.45, 7) is 13.9. The van der Waals surface area contributed by atoms with Crippen molar-refractivity contribution in [1.29, 1.82) is 0 Å². The van der Waals surface area contributed by atoms with Gasteiger partial charge < -0.3 is 9.80 Å². The number of piperazine rings is 1. The molecule has 0 saturated carbocycles. The topological polar surface area (TPSA) is 84.2 Å². The smallest absolute Gasteiger partial charge is 0.349 e. The molecule has 2 atom stereocenters. The number of amides is 1. The van der Waals surface area contributed by atoms with Gasteiger partial charge in [0.1, 0.15) is 5.82 Å². The third-order valence-electron chi connectivity index (χ3n) is 7.91. The number of halogens is 4. The Kier molecular flexibility index (Phi) is 8.28. The van der Waals surface area contributed by atoms with Gasteiger partial charge >= 0.3 is 11.9 Å². The lowest BCUT2D eigenvalue weighted by atomic mass is 10.0. The molecule has 5 rings (SSSR count). The van der Waals surface area contributed by atoms with Crippen LogP contribution in [0.15, 0.2) is 60.0 Å². The van der Waals surface area contributed by atoms with Crippen LogP contribution in [0.4, 0.5) is 19.0 Å². The van der Waals surface area contributed by atoms with Crippen molar-refractivity contribution in [3.63, 3.8) is 0 Å². The van der Waals surface area contributed by atoms with E-state index in [9.17, 15) is 22.8 Å². The normalized spacial score (nSPS) is 17.4. The Morgan fingerprint density at radius 3 is 2.50 bits per heavy atom. The first-order valence-corrected chi connectivity index (χ1v) is 14.6. The molecule has 1 aliphatic heterocycles. The Balaban J connectivity index is 1.82. The van der Waals surface area contributed by atoms with Crippen molar-refractivity contribution in [3.05, 3.63) is 87.6 Å². The van der Waals surface area contributed by atoms with Crippen molar-refractivity contribution in [2.45, 2.75) is 58.8 Å². The van der Waals surface area contributed by atoms with Crippen LogP contribution in [0.25, 0.3) is 28.0 Å². The molecular formula is C32H32ClF3N6O2. The molecule has 4 aromatic rings. The minimum Gasteiger partial charge on any atom is -0.349 e. The Labute approximate surface area is 257 Å². The molecule has 1 fully saturated rings. The summed E-state index contributed by atoms with van der Waals surface area (Å²) in [6.07, 6.45) is -1.64. The van der Waals surface area contributed by atoms with Crippen LogP contribution in [0.3, 0.4) is 0 Å². The van der Waals surface area contributed by atoms with Crippen LogP contribution in [0.1, 0.15) is 50.4 Å². The number of pyridine rings is 2. The van der Waals surface area contributed by atoms with Gasteiger partial charge in [-0.05, 0) is 62.6 Å². The molecule has 230 valence electrons. The number of hydrogen-bond acceptors (Lipinski definition) is 6. The van der Waals surface area contributed by atoms with Crippen molar-refractivity contribution in [2.75, 3.05) is 18.0 Å². The van der Waals surface area contributed by atoms with E-state index in [1.54, 1.807) is 23.2 Å². The molecule has 3 aromatic heterocycles. The zero-order chi connectivity index (χ0) is 32.1. The Morgan fingerprint density at radius 2 is 1.84 bits per heavy atom. The molecule has 1 aliphatic rings. The summed E-state index contributed by atoms with van der Waals surface area (Å²) < 4.78 is 42.2. The van der Waals surface area contributed by atoms with E-state index in [1.807, 2.05) is 39.5 Å². The minimum atomic E-state index is -4.57. The molecule has 4 heterocycles. The zero-order valence-electron chi connectivity index (χ0n) is 25.0. The lowest BCUT2D eigenvalue weighted by molar-refractivity contribution is -0.137. The van der Waals surface area contributed by atoms with E-state index >= 15 is 0 Å². The fraction of sp³-hybridized carbons (Fsp3) is 0.344. The fourth-order valence-electron chi connectivity index (χ4n) is 5.70. The first-order chi connectivity index (χ1) is 20.7. The number of hydrogen-bond donors (Lipinski definition) is 0. The second kappa shape index (κ2) is 11.7. The Bertz CT molecular complexity index is 1840. The Hall–Kier alpha value is -4.25. The summed E-state index contributed by atoms with van der Waals surface area (Å²) in [6, 6.07) is 7.65. The third-order valence-corrected chi connectivity index (χ3v) is 8.19. The fourth-order valence-corrected chi connectivity index (χ4v) is 5.96. The number of nitrogens with zero attached hydrogens (tertiary/aromatic N) is 6. The zero-order valence-corrected chi connectivity index (χ0v) is 25.7. The van der Waals surface area contributed by atoms with E-state index in [1.165, 1.54) is 22.8 Å². The van der Waals surface area contributed by atoms with Crippen molar-refractivity contribution >= 4 is 34.4 Å². The Morgan fingerprint density at radius 1 is 1.11 bits per heavy atom. The highest BCUT2D eigenvalue weighted by Gasteiger charge is 2.34. The molecule has 1 amide bonds. The molecule has 8 nitrogen and oxygen atoms in total. The highest BCUT2D eigenvalue weighted by atomic mass is 35.5. The van der Waals surface area contributed by atoms with E-state index in [4.69, 9.17) is 16.6 Å². The number of carbonyl (C=O) groups is 1. The number of carbonyl (C=O) groups excluding carboxylic acids is 1. The van der Waals surface area contributed by atoms with E-state index in [2.05, 4.69) is 16.5 Å². The van der Waals surface area contributed by atoms with E-state index in [-0.39, 0.29) is 45.8 Å². The monoisotopic (exact) mass is 624 g/mol. The second-order valence-electron chi connectivity index (χ2n) is 11.4. The van der Waals surface area contributed by atoms with Gasteiger partial charge in [-0.15, -0.1) is 0 Å². The minimum absolute atomic E-state index is 0.0712. The van der Waals surface area contributed by atoms with Gasteiger partial charge in [-0.2, -0.15) is 18.2 Å². The maximum atomic E-state index is 14.0. The van der Waals surface area contributed by atoms with E-state index in [0.29, 0.717) is 35.7 Å². The number of fused-ring (bicyclic) bond motifs is 1. The molecule has 0 unspecified atom stereocenters. The number of anilines is 1. The molecular weight excluding hydrogens is 593 g/mol. The van der Waals surface area contributed by atoms with Gasteiger partial charge in [0.25, 0.3) is 0 Å². The van der Waals surface area contributed by atoms with Crippen LogP contribution < -0.4 is 10.6 Å². The van der Waals surface area contributed by atoms with E-state index < -0.39 is 17.4 Å². The van der Waals surface area contributed by atoms with Crippen molar-refractivity contribution < 1.29 is 18.0 Å². The largest absolute Gasteiger partial charge is 0.416 e. The summed E-state index contributed by atoms with van der Waals surface area (Å²) in [5, 5.41) is 0.532. The molecule has 1 aromatic carbocycles. The van der Waals surface area contributed by atoms with Crippen LogP contribution in [0.5, 0.6) is 0 Å². The predicted molar refractivity (Wildman–Crippen MR) is 165 cm³/mol. The number of rotatable bonds is 5. The molecule has 44 heavy (non-hydrogen) atoms. The van der Waals surface area contributed by atoms with Gasteiger partial charge in [-0.1, -0.05) is 44.2 Å². The standard InChI is InChI=1S/C32H32ClF3N6O2/c1-7-25(43)40-15-20(6)41(16-19(40)5)29-23-14-24(33)27(21-9-8-10-22(13-21)32(34,35)36)38-30(23)42(31(44)39-29)28-18(4)11-12-37-26(28)17(2)3/h7-14,17,19-20H,1,15-16H2,2-6H3/t19-,20+/m1/s1. The first kappa shape index (κ1) is 31.2. The maximum absolute atomic E-state index is 14.0. The highest BCUT2D eigenvalue weighted by Crippen LogP contribution is 2.38. The van der Waals surface area contributed by atoms with Crippen LogP contribution in [-0.2, 0) is 11.0 Å². The van der Waals surface area contributed by atoms with Gasteiger partial charge in [0, 0.05) is 36.9 Å². The molecule has 0 N–H and O–H groups in total. The average molecular weight is 625 g/mol. The lowest BCUT2D eigenvalue weighted by Crippen LogP contribution is -2.58. The quantitative estimate of drug-likeness (QED) is 0.234. The summed E-state index contributed by atoms with van der Waals surface area (Å²) in [4.78, 5) is 44.0. The van der Waals surface area contributed by atoms with Gasteiger partial charge in [-0.3, -0.25) is 9.78 Å². The average Bonchev–Trinajstić information content (AvgIpc) is 2.97. The first-order valence-electron chi connectivity index (χ1n) is 14.2. The van der Waals surface area contributed by atoms with Crippen LogP contribution in [0.2, 0.25) is 5.02 Å². The SMILES string of the molecule is C=CC(=O)N1C[C@H](C)N(c2nc(=O)n(-c3c(C)ccnc3C(C)C)c3nc(-c4cccc(C(F)(F)F)c4)c(Cl)cc23)C[C@H]1C. The summed E-state index contributed by atoms with van der Waals surface area (Å²) in [5.74, 6) is 0.0583. The maximum Gasteiger partial charge on any atom is 0.416 e. The van der Waals surface area contributed by atoms with Crippen LogP contribution in [-0.4, -0.2) is 55.5 Å². The molecule has 0 bridgehead atoms. The summed E-state index contributed by atoms with van der Waals surface area (Å²) in [5.41, 5.74) is 0.834. The molecule has 0 aliphatic carbocycles. The predicted octanol–water partition coefficient (Wildman–Crippen LogP) is 6.56. The molecule has 0 spiro atoms. The highest BCUT2D eigenvalue weighted by molar-refractivity contribution is 6.33. The van der Waals surface area contributed by atoms with Crippen molar-refractivity contribution in [2.24, 2.45) is 0 Å². The third kappa shape index (κ3) is 5.56. The van der Waals surface area contributed by atoms with E-state index in [0.717, 1.165) is 17.7 Å². The summed E-state index contributed by atoms with van der Waals surface area (Å²) >= 11 is 6.76. The lowest BCUT2D eigenvalue weighted by Gasteiger charge is -2.44. The molecule has 1 saturated heterocycles. The van der Waals surface area contributed by atoms with Gasteiger partial charge in [0.05, 0.1) is 33.0 Å². The number of alkyl halides is 3. The van der Waals surface area contributed by atoms with Gasteiger partial charge in [-0.25, -0.2) is 14.3 Å². The van der Waals surface area contributed by atoms with Crippen LogP contribution in [0, 0.1) is 6.92 Å². The number of aryl methyl sites for hydroxylation is 1.